The van der Waals surface area contributed by atoms with Gasteiger partial charge in [0.15, 0.2) is 0 Å². The van der Waals surface area contributed by atoms with Crippen molar-refractivity contribution in [3.63, 3.8) is 0 Å². The van der Waals surface area contributed by atoms with Gasteiger partial charge in [-0.15, -0.1) is 0 Å². The van der Waals surface area contributed by atoms with E-state index < -0.39 is 0 Å². The second-order valence-corrected chi connectivity index (χ2v) is 6.09. The Morgan fingerprint density at radius 2 is 2.29 bits per heavy atom. The number of carbonyl (C=O) groups is 1. The first kappa shape index (κ1) is 14.9. The number of rotatable bonds is 3. The number of benzene rings is 1. The first-order valence-corrected chi connectivity index (χ1v) is 7.83. The molecular weight excluding hydrogens is 308 g/mol. The molecule has 1 amide bonds. The molecule has 1 N–H and O–H groups in total. The molecule has 0 unspecified atom stereocenters. The third-order valence-electron chi connectivity index (χ3n) is 4.70. The molecule has 3 aromatic rings. The number of amides is 1. The van der Waals surface area contributed by atoms with Crippen molar-refractivity contribution >= 4 is 16.9 Å². The standard InChI is InChI=1S/C17H18N4O3/c1-10-4-3-5-11-13(9-24-16(10)11)17(22)21-7-12(15(8-21)23-2)14-6-18-20-19-14/h3-6,9,12,15H,7-8H2,1-2H3,(H,18,19,20)/t12-,15+/m0/s1. The minimum atomic E-state index is -0.0982. The zero-order chi connectivity index (χ0) is 16.7. The van der Waals surface area contributed by atoms with Crippen LogP contribution in [0, 0.1) is 6.92 Å². The largest absolute Gasteiger partial charge is 0.463 e. The minimum absolute atomic E-state index is 0.0117. The van der Waals surface area contributed by atoms with Crippen molar-refractivity contribution in [3.05, 3.63) is 47.5 Å². The highest BCUT2D eigenvalue weighted by molar-refractivity contribution is 6.06. The Kier molecular flexibility index (Phi) is 3.57. The molecule has 124 valence electrons. The molecule has 4 rings (SSSR count). The number of nitrogens with one attached hydrogen (secondary N) is 1. The summed E-state index contributed by atoms with van der Waals surface area (Å²) in [5.74, 6) is -0.0370. The molecule has 1 saturated heterocycles. The van der Waals surface area contributed by atoms with E-state index in [1.807, 2.05) is 25.1 Å². The molecule has 1 aliphatic rings. The van der Waals surface area contributed by atoms with Crippen molar-refractivity contribution in [2.75, 3.05) is 20.2 Å². The van der Waals surface area contributed by atoms with E-state index in [0.29, 0.717) is 18.7 Å². The fraction of sp³-hybridized carbons (Fsp3) is 0.353. The molecule has 2 aromatic heterocycles. The number of furan rings is 1. The van der Waals surface area contributed by atoms with Gasteiger partial charge in [-0.1, -0.05) is 18.2 Å². The predicted octanol–water partition coefficient (Wildman–Crippen LogP) is 2.11. The third-order valence-corrected chi connectivity index (χ3v) is 4.70. The molecule has 1 aliphatic heterocycles. The molecule has 0 bridgehead atoms. The van der Waals surface area contributed by atoms with Crippen LogP contribution >= 0.6 is 0 Å². The van der Waals surface area contributed by atoms with Crippen LogP contribution in [-0.2, 0) is 4.74 Å². The van der Waals surface area contributed by atoms with E-state index in [2.05, 4.69) is 15.4 Å². The molecule has 0 radical (unpaired) electrons. The van der Waals surface area contributed by atoms with Gasteiger partial charge >= 0.3 is 0 Å². The smallest absolute Gasteiger partial charge is 0.257 e. The van der Waals surface area contributed by atoms with Crippen molar-refractivity contribution < 1.29 is 13.9 Å². The summed E-state index contributed by atoms with van der Waals surface area (Å²) in [6.07, 6.45) is 3.13. The Labute approximate surface area is 138 Å². The normalized spacial score (nSPS) is 20.8. The molecule has 24 heavy (non-hydrogen) atoms. The average molecular weight is 326 g/mol. The molecule has 0 aliphatic carbocycles. The maximum atomic E-state index is 13.0. The number of aryl methyl sites for hydroxylation is 1. The summed E-state index contributed by atoms with van der Waals surface area (Å²) in [5.41, 5.74) is 3.18. The summed E-state index contributed by atoms with van der Waals surface area (Å²) in [5, 5.41) is 11.5. The summed E-state index contributed by atoms with van der Waals surface area (Å²) < 4.78 is 11.2. The van der Waals surface area contributed by atoms with Gasteiger partial charge in [0.05, 0.1) is 29.5 Å². The maximum absolute atomic E-state index is 13.0. The Morgan fingerprint density at radius 1 is 1.42 bits per heavy atom. The molecule has 1 aromatic carbocycles. The molecule has 0 spiro atoms. The molecule has 7 nitrogen and oxygen atoms in total. The summed E-state index contributed by atoms with van der Waals surface area (Å²) in [6, 6.07) is 5.82. The summed E-state index contributed by atoms with van der Waals surface area (Å²) >= 11 is 0. The van der Waals surface area contributed by atoms with E-state index in [1.165, 1.54) is 0 Å². The van der Waals surface area contributed by atoms with Gasteiger partial charge in [0, 0.05) is 25.6 Å². The quantitative estimate of drug-likeness (QED) is 0.797. The lowest BCUT2D eigenvalue weighted by Crippen LogP contribution is -2.29. The highest BCUT2D eigenvalue weighted by atomic mass is 16.5. The van der Waals surface area contributed by atoms with Gasteiger partial charge in [-0.2, -0.15) is 15.4 Å². The number of likely N-dealkylation sites (tertiary alicyclic amines) is 1. The van der Waals surface area contributed by atoms with Crippen molar-refractivity contribution in [2.45, 2.75) is 18.9 Å². The van der Waals surface area contributed by atoms with Crippen LogP contribution in [0.25, 0.3) is 11.0 Å². The van der Waals surface area contributed by atoms with E-state index in [1.54, 1.807) is 24.5 Å². The average Bonchev–Trinajstić information content (AvgIpc) is 3.32. The topological polar surface area (TPSA) is 84.2 Å². The van der Waals surface area contributed by atoms with Gasteiger partial charge in [0.1, 0.15) is 11.8 Å². The van der Waals surface area contributed by atoms with Crippen LogP contribution < -0.4 is 0 Å². The molecule has 7 heteroatoms. The van der Waals surface area contributed by atoms with E-state index in [-0.39, 0.29) is 17.9 Å². The third kappa shape index (κ3) is 2.28. The van der Waals surface area contributed by atoms with Crippen LogP contribution in [0.1, 0.15) is 27.5 Å². The Hall–Kier alpha value is -2.67. The van der Waals surface area contributed by atoms with Crippen LogP contribution in [0.3, 0.4) is 0 Å². The second-order valence-electron chi connectivity index (χ2n) is 6.09. The Bertz CT molecular complexity index is 871. The van der Waals surface area contributed by atoms with E-state index >= 15 is 0 Å². The van der Waals surface area contributed by atoms with Gasteiger partial charge in [0.25, 0.3) is 5.91 Å². The number of hydrogen-bond donors (Lipinski definition) is 1. The number of nitrogens with zero attached hydrogens (tertiary/aromatic N) is 3. The number of hydrogen-bond acceptors (Lipinski definition) is 5. The number of para-hydroxylation sites is 1. The number of aromatic nitrogens is 3. The van der Waals surface area contributed by atoms with Crippen LogP contribution in [0.5, 0.6) is 0 Å². The van der Waals surface area contributed by atoms with Crippen molar-refractivity contribution in [3.8, 4) is 0 Å². The van der Waals surface area contributed by atoms with Crippen molar-refractivity contribution in [2.24, 2.45) is 0 Å². The number of ether oxygens (including phenoxy) is 1. The lowest BCUT2D eigenvalue weighted by atomic mass is 10.0. The summed E-state index contributed by atoms with van der Waals surface area (Å²) in [4.78, 5) is 14.8. The fourth-order valence-corrected chi connectivity index (χ4v) is 3.39. The SMILES string of the molecule is CO[C@@H]1CN(C(=O)c2coc3c(C)cccc23)C[C@H]1c1cn[nH]n1. The Balaban J connectivity index is 1.64. The maximum Gasteiger partial charge on any atom is 0.257 e. The van der Waals surface area contributed by atoms with Crippen LogP contribution in [0.4, 0.5) is 0 Å². The summed E-state index contributed by atoms with van der Waals surface area (Å²) in [6.45, 7) is 3.03. The fourth-order valence-electron chi connectivity index (χ4n) is 3.39. The number of H-pyrrole nitrogens is 1. The monoisotopic (exact) mass is 326 g/mol. The van der Waals surface area contributed by atoms with E-state index in [4.69, 9.17) is 9.15 Å². The molecule has 1 fully saturated rings. The van der Waals surface area contributed by atoms with E-state index in [9.17, 15) is 4.79 Å². The second kappa shape index (κ2) is 5.76. The lowest BCUT2D eigenvalue weighted by molar-refractivity contribution is 0.0715. The van der Waals surface area contributed by atoms with Crippen molar-refractivity contribution in [1.29, 1.82) is 0 Å². The van der Waals surface area contributed by atoms with Crippen LogP contribution in [0.2, 0.25) is 0 Å². The van der Waals surface area contributed by atoms with Gasteiger partial charge in [-0.25, -0.2) is 0 Å². The molecule has 0 saturated carbocycles. The zero-order valence-electron chi connectivity index (χ0n) is 13.5. The van der Waals surface area contributed by atoms with Crippen LogP contribution in [-0.4, -0.2) is 52.5 Å². The first-order valence-electron chi connectivity index (χ1n) is 7.83. The highest BCUT2D eigenvalue weighted by Gasteiger charge is 2.38. The predicted molar refractivity (Wildman–Crippen MR) is 86.8 cm³/mol. The van der Waals surface area contributed by atoms with E-state index in [0.717, 1.165) is 22.2 Å². The van der Waals surface area contributed by atoms with Crippen LogP contribution in [0.15, 0.2) is 35.1 Å². The van der Waals surface area contributed by atoms with Gasteiger partial charge in [0.2, 0.25) is 0 Å². The van der Waals surface area contributed by atoms with Gasteiger partial charge < -0.3 is 14.1 Å². The van der Waals surface area contributed by atoms with Gasteiger partial charge in [-0.05, 0) is 12.5 Å². The molecular formula is C17H18N4O3. The number of carbonyl (C=O) groups excluding carboxylic acids is 1. The number of methoxy groups -OCH3 is 1. The minimum Gasteiger partial charge on any atom is -0.463 e. The lowest BCUT2D eigenvalue weighted by Gasteiger charge is -2.15. The zero-order valence-corrected chi connectivity index (χ0v) is 13.5. The number of fused-ring (bicyclic) bond motifs is 1. The highest BCUT2D eigenvalue weighted by Crippen LogP contribution is 2.31. The summed E-state index contributed by atoms with van der Waals surface area (Å²) in [7, 11) is 1.66. The molecule has 3 heterocycles. The van der Waals surface area contributed by atoms with Crippen molar-refractivity contribution in [1.82, 2.24) is 20.3 Å². The first-order chi connectivity index (χ1) is 11.7. The number of aromatic amines is 1. The van der Waals surface area contributed by atoms with Gasteiger partial charge in [-0.3, -0.25) is 4.79 Å². The Morgan fingerprint density at radius 3 is 3.04 bits per heavy atom. The molecule has 2 atom stereocenters.